The van der Waals surface area contributed by atoms with Gasteiger partial charge in [0.15, 0.2) is 0 Å². The zero-order valence-electron chi connectivity index (χ0n) is 10.7. The van der Waals surface area contributed by atoms with Crippen molar-refractivity contribution in [3.63, 3.8) is 0 Å². The van der Waals surface area contributed by atoms with Gasteiger partial charge in [-0.1, -0.05) is 0 Å². The Balaban J connectivity index is 2.29. The van der Waals surface area contributed by atoms with E-state index in [0.717, 1.165) is 31.4 Å². The van der Waals surface area contributed by atoms with E-state index in [1.807, 2.05) is 4.90 Å². The molecule has 0 radical (unpaired) electrons. The van der Waals surface area contributed by atoms with Gasteiger partial charge in [-0.05, 0) is 12.8 Å². The predicted molar refractivity (Wildman–Crippen MR) is 70.6 cm³/mol. The second kappa shape index (κ2) is 5.69. The molecule has 6 nitrogen and oxygen atoms in total. The van der Waals surface area contributed by atoms with Gasteiger partial charge in [-0.15, -0.1) is 0 Å². The van der Waals surface area contributed by atoms with Crippen LogP contribution < -0.4 is 9.64 Å². The lowest BCUT2D eigenvalue weighted by Gasteiger charge is -2.32. The van der Waals surface area contributed by atoms with Crippen LogP contribution in [0.15, 0.2) is 18.2 Å². The van der Waals surface area contributed by atoms with Gasteiger partial charge < -0.3 is 14.4 Å². The maximum atomic E-state index is 10.9. The SMILES string of the molecule is COc1cc(N2CCCC(C=O)C2)cc([N+](=O)[O-])c1. The summed E-state index contributed by atoms with van der Waals surface area (Å²) in [5.41, 5.74) is 0.736. The van der Waals surface area contributed by atoms with Crippen LogP contribution in [0.25, 0.3) is 0 Å². The Hall–Kier alpha value is -2.11. The van der Waals surface area contributed by atoms with Crippen molar-refractivity contribution in [3.8, 4) is 5.75 Å². The first-order valence-corrected chi connectivity index (χ1v) is 6.17. The monoisotopic (exact) mass is 264 g/mol. The smallest absolute Gasteiger partial charge is 0.275 e. The highest BCUT2D eigenvalue weighted by Crippen LogP contribution is 2.30. The third-order valence-corrected chi connectivity index (χ3v) is 3.34. The number of hydrogen-bond donors (Lipinski definition) is 0. The van der Waals surface area contributed by atoms with Crippen molar-refractivity contribution in [2.45, 2.75) is 12.8 Å². The number of aldehydes is 1. The Labute approximate surface area is 111 Å². The lowest BCUT2D eigenvalue weighted by Crippen LogP contribution is -2.35. The number of methoxy groups -OCH3 is 1. The normalized spacial score (nSPS) is 19.0. The number of anilines is 1. The van der Waals surface area contributed by atoms with Crippen molar-refractivity contribution in [1.82, 2.24) is 0 Å². The summed E-state index contributed by atoms with van der Waals surface area (Å²) in [6.45, 7) is 1.41. The predicted octanol–water partition coefficient (Wildman–Crippen LogP) is 2.02. The Bertz CT molecular complexity index is 490. The number of piperidine rings is 1. The summed E-state index contributed by atoms with van der Waals surface area (Å²) in [5, 5.41) is 10.9. The minimum absolute atomic E-state index is 0.000919. The van der Waals surface area contributed by atoms with Gasteiger partial charge in [-0.2, -0.15) is 0 Å². The molecule has 0 spiro atoms. The quantitative estimate of drug-likeness (QED) is 0.472. The van der Waals surface area contributed by atoms with E-state index in [1.54, 1.807) is 6.07 Å². The largest absolute Gasteiger partial charge is 0.496 e. The molecule has 0 aromatic heterocycles. The van der Waals surface area contributed by atoms with E-state index in [9.17, 15) is 14.9 Å². The van der Waals surface area contributed by atoms with Crippen LogP contribution in [0.4, 0.5) is 11.4 Å². The molecule has 0 amide bonds. The van der Waals surface area contributed by atoms with Gasteiger partial charge in [0.2, 0.25) is 0 Å². The van der Waals surface area contributed by atoms with Crippen LogP contribution in [0.5, 0.6) is 5.75 Å². The highest BCUT2D eigenvalue weighted by molar-refractivity contribution is 5.61. The zero-order valence-corrected chi connectivity index (χ0v) is 10.7. The van der Waals surface area contributed by atoms with Gasteiger partial charge in [0.25, 0.3) is 5.69 Å². The van der Waals surface area contributed by atoms with E-state index in [0.29, 0.717) is 12.3 Å². The molecule has 102 valence electrons. The van der Waals surface area contributed by atoms with Crippen LogP contribution in [0.3, 0.4) is 0 Å². The Morgan fingerprint density at radius 2 is 2.26 bits per heavy atom. The molecule has 1 unspecified atom stereocenters. The Morgan fingerprint density at radius 3 is 2.89 bits per heavy atom. The molecule has 1 fully saturated rings. The van der Waals surface area contributed by atoms with Crippen LogP contribution in [0.1, 0.15) is 12.8 Å². The third kappa shape index (κ3) is 3.01. The number of nitro benzene ring substituents is 1. The minimum Gasteiger partial charge on any atom is -0.496 e. The standard InChI is InChI=1S/C13H16N2O4/c1-19-13-6-11(5-12(7-13)15(17)18)14-4-2-3-10(8-14)9-16/h5-7,9-10H,2-4,8H2,1H3. The van der Waals surface area contributed by atoms with E-state index in [4.69, 9.17) is 4.74 Å². The second-order valence-electron chi connectivity index (χ2n) is 4.63. The molecule has 1 aromatic rings. The summed E-state index contributed by atoms with van der Waals surface area (Å²) >= 11 is 0. The first kappa shape index (κ1) is 13.3. The number of carbonyl (C=O) groups excluding carboxylic acids is 1. The molecule has 1 saturated heterocycles. The maximum absolute atomic E-state index is 10.9. The zero-order chi connectivity index (χ0) is 13.8. The number of hydrogen-bond acceptors (Lipinski definition) is 5. The summed E-state index contributed by atoms with van der Waals surface area (Å²) in [7, 11) is 1.48. The van der Waals surface area contributed by atoms with Gasteiger partial charge in [-0.25, -0.2) is 0 Å². The van der Waals surface area contributed by atoms with Gasteiger partial charge in [0.1, 0.15) is 12.0 Å². The molecule has 1 atom stereocenters. The third-order valence-electron chi connectivity index (χ3n) is 3.34. The molecule has 2 rings (SSSR count). The molecule has 6 heteroatoms. The molecule has 19 heavy (non-hydrogen) atoms. The Kier molecular flexibility index (Phi) is 3.99. The molecule has 1 aromatic carbocycles. The minimum atomic E-state index is -0.437. The summed E-state index contributed by atoms with van der Waals surface area (Å²) < 4.78 is 5.09. The van der Waals surface area contributed by atoms with Crippen molar-refractivity contribution in [3.05, 3.63) is 28.3 Å². The molecule has 0 N–H and O–H groups in total. The molecule has 1 heterocycles. The average molecular weight is 264 g/mol. The summed E-state index contributed by atoms with van der Waals surface area (Å²) in [6, 6.07) is 4.68. The van der Waals surface area contributed by atoms with Crippen molar-refractivity contribution in [2.75, 3.05) is 25.1 Å². The Morgan fingerprint density at radius 1 is 1.47 bits per heavy atom. The lowest BCUT2D eigenvalue weighted by atomic mass is 9.99. The van der Waals surface area contributed by atoms with Crippen LogP contribution in [-0.4, -0.2) is 31.4 Å². The number of ether oxygens (including phenoxy) is 1. The number of non-ortho nitro benzene ring substituents is 1. The highest BCUT2D eigenvalue weighted by atomic mass is 16.6. The van der Waals surface area contributed by atoms with Crippen LogP contribution in [0.2, 0.25) is 0 Å². The van der Waals surface area contributed by atoms with E-state index in [-0.39, 0.29) is 11.6 Å². The molecule has 0 bridgehead atoms. The van der Waals surface area contributed by atoms with Gasteiger partial charge >= 0.3 is 0 Å². The van der Waals surface area contributed by atoms with Crippen molar-refractivity contribution >= 4 is 17.7 Å². The van der Waals surface area contributed by atoms with Crippen LogP contribution >= 0.6 is 0 Å². The summed E-state index contributed by atoms with van der Waals surface area (Å²) in [4.78, 5) is 23.3. The number of benzene rings is 1. The van der Waals surface area contributed by atoms with E-state index < -0.39 is 4.92 Å². The van der Waals surface area contributed by atoms with E-state index in [2.05, 4.69) is 0 Å². The first-order chi connectivity index (χ1) is 9.13. The molecule has 1 aliphatic heterocycles. The summed E-state index contributed by atoms with van der Waals surface area (Å²) in [6.07, 6.45) is 2.75. The number of nitro groups is 1. The summed E-state index contributed by atoms with van der Waals surface area (Å²) in [5.74, 6) is 0.455. The topological polar surface area (TPSA) is 72.7 Å². The fraction of sp³-hybridized carbons (Fsp3) is 0.462. The molecular weight excluding hydrogens is 248 g/mol. The van der Waals surface area contributed by atoms with E-state index in [1.165, 1.54) is 19.2 Å². The van der Waals surface area contributed by atoms with Crippen molar-refractivity contribution in [1.29, 1.82) is 0 Å². The highest BCUT2D eigenvalue weighted by Gasteiger charge is 2.21. The fourth-order valence-corrected chi connectivity index (χ4v) is 2.33. The van der Waals surface area contributed by atoms with Crippen molar-refractivity contribution < 1.29 is 14.5 Å². The first-order valence-electron chi connectivity index (χ1n) is 6.17. The van der Waals surface area contributed by atoms with Crippen LogP contribution in [0, 0.1) is 16.0 Å². The fourth-order valence-electron chi connectivity index (χ4n) is 2.33. The number of nitrogens with zero attached hydrogens (tertiary/aromatic N) is 2. The second-order valence-corrected chi connectivity index (χ2v) is 4.63. The maximum Gasteiger partial charge on any atom is 0.275 e. The number of rotatable bonds is 4. The van der Waals surface area contributed by atoms with Gasteiger partial charge in [0.05, 0.1) is 18.1 Å². The van der Waals surface area contributed by atoms with Crippen LogP contribution in [-0.2, 0) is 4.79 Å². The lowest BCUT2D eigenvalue weighted by molar-refractivity contribution is -0.384. The average Bonchev–Trinajstić information content (AvgIpc) is 2.46. The molecule has 0 aliphatic carbocycles. The molecule has 0 saturated carbocycles. The van der Waals surface area contributed by atoms with Gasteiger partial charge in [-0.3, -0.25) is 10.1 Å². The van der Waals surface area contributed by atoms with Crippen molar-refractivity contribution in [2.24, 2.45) is 5.92 Å². The molecule has 1 aliphatic rings. The van der Waals surface area contributed by atoms with Gasteiger partial charge in [0, 0.05) is 36.8 Å². The molecular formula is C13H16N2O4. The van der Waals surface area contributed by atoms with E-state index >= 15 is 0 Å². The number of carbonyl (C=O) groups is 1.